The Hall–Kier alpha value is -2.57. The van der Waals surface area contributed by atoms with Gasteiger partial charge in [0.15, 0.2) is 0 Å². The number of carbonyl (C=O) groups is 1. The number of aromatic nitrogens is 1. The molecule has 1 unspecified atom stereocenters. The van der Waals surface area contributed by atoms with Crippen LogP contribution in [0.5, 0.6) is 0 Å². The first-order valence-electron chi connectivity index (χ1n) is 9.81. The summed E-state index contributed by atoms with van der Waals surface area (Å²) in [5, 5.41) is 10.6. The average Bonchev–Trinajstić information content (AvgIpc) is 3.31. The Balaban J connectivity index is 1.53. The second kappa shape index (κ2) is 7.81. The molecule has 0 spiro atoms. The van der Waals surface area contributed by atoms with E-state index < -0.39 is 0 Å². The van der Waals surface area contributed by atoms with Crippen LogP contribution >= 0.6 is 0 Å². The van der Waals surface area contributed by atoms with Gasteiger partial charge in [0, 0.05) is 55.3 Å². The van der Waals surface area contributed by atoms with Crippen LogP contribution < -0.4 is 0 Å². The van der Waals surface area contributed by atoms with Crippen molar-refractivity contribution in [1.82, 2.24) is 14.8 Å². The molecule has 1 amide bonds. The molecule has 4 rings (SSSR count). The van der Waals surface area contributed by atoms with Gasteiger partial charge in [-0.1, -0.05) is 11.6 Å². The maximum absolute atomic E-state index is 13.2. The lowest BCUT2D eigenvalue weighted by atomic mass is 10.1. The third-order valence-electron chi connectivity index (χ3n) is 5.75. The standard InChI is InChI=1S/C22H27N3O3/c1-15-3-4-20-19(11-15)16(2)21(23-20)22(27)25-8-7-24(18(13-25)5-9-26)12-17-6-10-28-14-17/h3-4,6,10-11,14,18,23,26H,5,7-9,12-13H2,1-2H3. The molecule has 2 N–H and O–H groups in total. The van der Waals surface area contributed by atoms with Crippen LogP contribution in [0.15, 0.2) is 41.2 Å². The number of carbonyl (C=O) groups excluding carboxylic acids is 1. The van der Waals surface area contributed by atoms with Crippen molar-refractivity contribution in [1.29, 1.82) is 0 Å². The number of piperazine rings is 1. The fourth-order valence-corrected chi connectivity index (χ4v) is 4.14. The second-order valence-electron chi connectivity index (χ2n) is 7.69. The van der Waals surface area contributed by atoms with E-state index in [9.17, 15) is 9.90 Å². The highest BCUT2D eigenvalue weighted by Gasteiger charge is 2.31. The maximum Gasteiger partial charge on any atom is 0.270 e. The third kappa shape index (κ3) is 3.57. The molecule has 0 bridgehead atoms. The quantitative estimate of drug-likeness (QED) is 0.712. The third-order valence-corrected chi connectivity index (χ3v) is 5.75. The number of aliphatic hydroxyl groups excluding tert-OH is 1. The van der Waals surface area contributed by atoms with Crippen LogP contribution in [0.3, 0.4) is 0 Å². The largest absolute Gasteiger partial charge is 0.472 e. The Labute approximate surface area is 164 Å². The van der Waals surface area contributed by atoms with Crippen LogP contribution in [0.4, 0.5) is 0 Å². The number of benzene rings is 1. The Kier molecular flexibility index (Phi) is 5.24. The molecule has 148 valence electrons. The van der Waals surface area contributed by atoms with Gasteiger partial charge in [0.05, 0.1) is 12.5 Å². The molecule has 6 nitrogen and oxygen atoms in total. The summed E-state index contributed by atoms with van der Waals surface area (Å²) in [6, 6.07) is 8.30. The van der Waals surface area contributed by atoms with Gasteiger partial charge in [-0.25, -0.2) is 0 Å². The fourth-order valence-electron chi connectivity index (χ4n) is 4.14. The molecule has 1 atom stereocenters. The number of fused-ring (bicyclic) bond motifs is 1. The lowest BCUT2D eigenvalue weighted by molar-refractivity contribution is 0.0390. The van der Waals surface area contributed by atoms with E-state index in [1.807, 2.05) is 24.0 Å². The Bertz CT molecular complexity index is 961. The van der Waals surface area contributed by atoms with Gasteiger partial charge in [0.2, 0.25) is 0 Å². The number of H-pyrrole nitrogens is 1. The topological polar surface area (TPSA) is 72.7 Å². The zero-order valence-electron chi connectivity index (χ0n) is 16.4. The van der Waals surface area contributed by atoms with Crippen molar-refractivity contribution in [2.45, 2.75) is 32.9 Å². The molecule has 1 aliphatic heterocycles. The van der Waals surface area contributed by atoms with Gasteiger partial charge in [-0.05, 0) is 44.0 Å². The monoisotopic (exact) mass is 381 g/mol. The van der Waals surface area contributed by atoms with Crippen molar-refractivity contribution in [3.63, 3.8) is 0 Å². The van der Waals surface area contributed by atoms with Gasteiger partial charge in [0.1, 0.15) is 5.69 Å². The number of rotatable bonds is 5. The summed E-state index contributed by atoms with van der Waals surface area (Å²) in [6.07, 6.45) is 4.08. The zero-order chi connectivity index (χ0) is 19.7. The fraction of sp³-hybridized carbons (Fsp3) is 0.409. The number of hydrogen-bond donors (Lipinski definition) is 2. The van der Waals surface area contributed by atoms with Crippen LogP contribution in [0.1, 0.15) is 33.6 Å². The van der Waals surface area contributed by atoms with Crippen molar-refractivity contribution < 1.29 is 14.3 Å². The van der Waals surface area contributed by atoms with Gasteiger partial charge < -0.3 is 19.4 Å². The Morgan fingerprint density at radius 1 is 1.29 bits per heavy atom. The number of furan rings is 1. The zero-order valence-corrected chi connectivity index (χ0v) is 16.4. The maximum atomic E-state index is 13.2. The molecular weight excluding hydrogens is 354 g/mol. The number of nitrogens with one attached hydrogen (secondary N) is 1. The molecule has 1 aliphatic rings. The Morgan fingerprint density at radius 3 is 2.89 bits per heavy atom. The van der Waals surface area contributed by atoms with E-state index in [1.165, 1.54) is 5.56 Å². The van der Waals surface area contributed by atoms with E-state index in [2.05, 4.69) is 28.9 Å². The van der Waals surface area contributed by atoms with Gasteiger partial charge in [-0.2, -0.15) is 0 Å². The highest BCUT2D eigenvalue weighted by molar-refractivity contribution is 6.01. The van der Waals surface area contributed by atoms with E-state index in [-0.39, 0.29) is 18.6 Å². The van der Waals surface area contributed by atoms with Crippen LogP contribution in [0, 0.1) is 13.8 Å². The first kappa shape index (κ1) is 18.8. The summed E-state index contributed by atoms with van der Waals surface area (Å²) in [7, 11) is 0. The van der Waals surface area contributed by atoms with Gasteiger partial charge in [-0.15, -0.1) is 0 Å². The van der Waals surface area contributed by atoms with Crippen molar-refractivity contribution in [3.8, 4) is 0 Å². The highest BCUT2D eigenvalue weighted by Crippen LogP contribution is 2.25. The first-order chi connectivity index (χ1) is 13.6. The molecule has 0 radical (unpaired) electrons. The number of aromatic amines is 1. The molecule has 3 aromatic rings. The van der Waals surface area contributed by atoms with E-state index in [0.717, 1.165) is 35.1 Å². The lowest BCUT2D eigenvalue weighted by Crippen LogP contribution is -2.54. The summed E-state index contributed by atoms with van der Waals surface area (Å²) < 4.78 is 5.17. The van der Waals surface area contributed by atoms with E-state index in [0.29, 0.717) is 25.2 Å². The number of hydrogen-bond acceptors (Lipinski definition) is 4. The average molecular weight is 381 g/mol. The molecule has 6 heteroatoms. The van der Waals surface area contributed by atoms with Crippen LogP contribution in [0.25, 0.3) is 10.9 Å². The molecule has 2 aromatic heterocycles. The van der Waals surface area contributed by atoms with E-state index in [1.54, 1.807) is 12.5 Å². The molecule has 0 saturated carbocycles. The smallest absolute Gasteiger partial charge is 0.270 e. The minimum Gasteiger partial charge on any atom is -0.472 e. The molecule has 3 heterocycles. The number of aliphatic hydroxyl groups is 1. The SMILES string of the molecule is Cc1ccc2[nH]c(C(=O)N3CCN(Cc4ccoc4)C(CCO)C3)c(C)c2c1. The van der Waals surface area contributed by atoms with Crippen molar-refractivity contribution in [3.05, 3.63) is 59.2 Å². The predicted octanol–water partition coefficient (Wildman–Crippen LogP) is 3.09. The molecule has 1 saturated heterocycles. The normalized spacial score (nSPS) is 18.1. The number of nitrogens with zero attached hydrogens (tertiary/aromatic N) is 2. The van der Waals surface area contributed by atoms with Crippen LogP contribution in [0.2, 0.25) is 0 Å². The van der Waals surface area contributed by atoms with Gasteiger partial charge >= 0.3 is 0 Å². The molecule has 0 aliphatic carbocycles. The second-order valence-corrected chi connectivity index (χ2v) is 7.69. The highest BCUT2D eigenvalue weighted by atomic mass is 16.3. The number of aryl methyl sites for hydroxylation is 2. The molecule has 1 aromatic carbocycles. The van der Waals surface area contributed by atoms with E-state index in [4.69, 9.17) is 4.42 Å². The minimum absolute atomic E-state index is 0.0391. The summed E-state index contributed by atoms with van der Waals surface area (Å²) in [5.41, 5.74) is 4.97. The Morgan fingerprint density at radius 2 is 2.14 bits per heavy atom. The van der Waals surface area contributed by atoms with Crippen LogP contribution in [-0.4, -0.2) is 58.1 Å². The lowest BCUT2D eigenvalue weighted by Gasteiger charge is -2.41. The summed E-state index contributed by atoms with van der Waals surface area (Å²) in [5.74, 6) is 0.0391. The van der Waals surface area contributed by atoms with Gasteiger partial charge in [-0.3, -0.25) is 9.69 Å². The summed E-state index contributed by atoms with van der Waals surface area (Å²) in [4.78, 5) is 20.8. The summed E-state index contributed by atoms with van der Waals surface area (Å²) >= 11 is 0. The molecule has 28 heavy (non-hydrogen) atoms. The van der Waals surface area contributed by atoms with Crippen molar-refractivity contribution >= 4 is 16.8 Å². The minimum atomic E-state index is 0.0391. The predicted molar refractivity (Wildman–Crippen MR) is 108 cm³/mol. The van der Waals surface area contributed by atoms with E-state index >= 15 is 0 Å². The molecular formula is C22H27N3O3. The number of amides is 1. The summed E-state index contributed by atoms with van der Waals surface area (Å²) in [6.45, 7) is 7.02. The molecule has 1 fully saturated rings. The van der Waals surface area contributed by atoms with Crippen molar-refractivity contribution in [2.24, 2.45) is 0 Å². The van der Waals surface area contributed by atoms with Gasteiger partial charge in [0.25, 0.3) is 5.91 Å². The first-order valence-corrected chi connectivity index (χ1v) is 9.81. The van der Waals surface area contributed by atoms with Crippen molar-refractivity contribution in [2.75, 3.05) is 26.2 Å². The van der Waals surface area contributed by atoms with Crippen LogP contribution in [-0.2, 0) is 6.54 Å².